The summed E-state index contributed by atoms with van der Waals surface area (Å²) >= 11 is 0. The maximum atomic E-state index is 13.1. The van der Waals surface area contributed by atoms with Crippen molar-refractivity contribution in [1.29, 1.82) is 0 Å². The summed E-state index contributed by atoms with van der Waals surface area (Å²) in [4.78, 5) is 26.3. The molecule has 1 heterocycles. The summed E-state index contributed by atoms with van der Waals surface area (Å²) in [6.07, 6.45) is -0.784. The second-order valence-corrected chi connectivity index (χ2v) is 10.4. The number of rotatable bonds is 8. The van der Waals surface area contributed by atoms with Gasteiger partial charge in [-0.1, -0.05) is 48.0 Å². The van der Waals surface area contributed by atoms with Crippen LogP contribution < -0.4 is 9.47 Å². The number of amides is 1. The highest BCUT2D eigenvalue weighted by Crippen LogP contribution is 2.40. The molecule has 4 aromatic rings. The number of benzene rings is 4. The zero-order valence-corrected chi connectivity index (χ0v) is 23.8. The van der Waals surface area contributed by atoms with Crippen molar-refractivity contribution in [3.05, 3.63) is 107 Å². The molecule has 1 aliphatic rings. The Hall–Kier alpha value is -4.78. The van der Waals surface area contributed by atoms with Gasteiger partial charge in [0.2, 0.25) is 0 Å². The summed E-state index contributed by atoms with van der Waals surface area (Å²) in [6, 6.07) is 24.7. The highest BCUT2D eigenvalue weighted by Gasteiger charge is 2.40. The van der Waals surface area contributed by atoms with Crippen LogP contribution >= 0.6 is 0 Å². The average molecular weight is 552 g/mol. The fourth-order valence-electron chi connectivity index (χ4n) is 5.48. The summed E-state index contributed by atoms with van der Waals surface area (Å²) in [6.45, 7) is 6.29. The summed E-state index contributed by atoms with van der Waals surface area (Å²) in [5.74, 6) is 0.456. The number of hydrogen-bond donors (Lipinski definition) is 1. The first-order chi connectivity index (χ1) is 19.7. The van der Waals surface area contributed by atoms with Gasteiger partial charge in [-0.05, 0) is 90.6 Å². The van der Waals surface area contributed by atoms with Crippen LogP contribution in [0, 0.1) is 13.8 Å². The first-order valence-electron chi connectivity index (χ1n) is 13.4. The van der Waals surface area contributed by atoms with Gasteiger partial charge in [0, 0.05) is 5.56 Å². The van der Waals surface area contributed by atoms with Crippen molar-refractivity contribution < 1.29 is 28.9 Å². The normalized spacial score (nSPS) is 16.4. The van der Waals surface area contributed by atoms with Crippen LogP contribution in [0.15, 0.2) is 78.9 Å². The minimum Gasteiger partial charge on any atom is -0.497 e. The van der Waals surface area contributed by atoms with E-state index < -0.39 is 12.1 Å². The molecule has 0 spiro atoms. The molecule has 1 aliphatic heterocycles. The van der Waals surface area contributed by atoms with Crippen molar-refractivity contribution in [2.75, 3.05) is 14.2 Å². The molecule has 1 N–H and O–H groups in total. The highest BCUT2D eigenvalue weighted by molar-refractivity contribution is 5.89. The van der Waals surface area contributed by atoms with Gasteiger partial charge in [-0.3, -0.25) is 4.90 Å². The molecule has 4 aromatic carbocycles. The molecule has 0 bridgehead atoms. The van der Waals surface area contributed by atoms with Crippen LogP contribution in [-0.2, 0) is 11.3 Å². The molecule has 0 unspecified atom stereocenters. The Morgan fingerprint density at radius 2 is 1.68 bits per heavy atom. The Labute approximate surface area is 239 Å². The van der Waals surface area contributed by atoms with Crippen molar-refractivity contribution >= 4 is 12.1 Å². The van der Waals surface area contributed by atoms with Gasteiger partial charge in [0.1, 0.15) is 17.6 Å². The van der Waals surface area contributed by atoms with Crippen molar-refractivity contribution in [3.8, 4) is 33.8 Å². The predicted octanol–water partition coefficient (Wildman–Crippen LogP) is 7.43. The number of carboxylic acids is 1. The molecule has 7 nitrogen and oxygen atoms in total. The third kappa shape index (κ3) is 5.48. The molecular weight excluding hydrogens is 518 g/mol. The number of carbonyl (C=O) groups is 2. The fraction of sp³-hybridized carbons (Fsp3) is 0.235. The molecule has 0 aromatic heterocycles. The van der Waals surface area contributed by atoms with Crippen LogP contribution in [0.2, 0.25) is 0 Å². The van der Waals surface area contributed by atoms with E-state index in [0.717, 1.165) is 44.5 Å². The Morgan fingerprint density at radius 3 is 2.39 bits per heavy atom. The lowest BCUT2D eigenvalue weighted by Crippen LogP contribution is -2.31. The summed E-state index contributed by atoms with van der Waals surface area (Å²) in [5, 5.41) is 9.38. The maximum Gasteiger partial charge on any atom is 0.411 e. The smallest absolute Gasteiger partial charge is 0.411 e. The number of cyclic esters (lactones) is 1. The molecule has 41 heavy (non-hydrogen) atoms. The first kappa shape index (κ1) is 27.8. The van der Waals surface area contributed by atoms with E-state index in [1.165, 1.54) is 0 Å². The van der Waals surface area contributed by atoms with E-state index in [4.69, 9.17) is 14.2 Å². The lowest BCUT2D eigenvalue weighted by molar-refractivity contribution is 0.0696. The standard InChI is InChI=1S/C34H33NO6/c1-20-9-12-29(30-18-23(11-14-31(30)40-5)28-13-10-25(33(36)37)16-21(28)2)26(15-20)19-35-22(3)32(41-34(35)38)24-7-6-8-27(17-24)39-4/h6-18,22,32H,19H2,1-5H3,(H,36,37)/t22-,32-/m0/s1. The topological polar surface area (TPSA) is 85.3 Å². The number of carboxylic acid groups (broad SMARTS) is 1. The molecule has 1 saturated heterocycles. The monoisotopic (exact) mass is 551 g/mol. The van der Waals surface area contributed by atoms with E-state index in [2.05, 4.69) is 18.2 Å². The van der Waals surface area contributed by atoms with E-state index in [9.17, 15) is 14.7 Å². The van der Waals surface area contributed by atoms with Gasteiger partial charge in [0.05, 0.1) is 32.4 Å². The summed E-state index contributed by atoms with van der Waals surface area (Å²) < 4.78 is 17.0. The van der Waals surface area contributed by atoms with Crippen LogP contribution in [0.5, 0.6) is 11.5 Å². The van der Waals surface area contributed by atoms with E-state index in [1.807, 2.05) is 69.3 Å². The Morgan fingerprint density at radius 1 is 0.902 bits per heavy atom. The number of hydrogen-bond acceptors (Lipinski definition) is 5. The molecule has 7 heteroatoms. The minimum absolute atomic E-state index is 0.202. The largest absolute Gasteiger partial charge is 0.497 e. The minimum atomic E-state index is -0.956. The molecule has 0 aliphatic carbocycles. The van der Waals surface area contributed by atoms with Crippen LogP contribution in [-0.4, -0.2) is 42.3 Å². The van der Waals surface area contributed by atoms with Crippen molar-refractivity contribution in [2.45, 2.75) is 39.5 Å². The first-order valence-corrected chi connectivity index (χ1v) is 13.4. The molecular formula is C34H33NO6. The summed E-state index contributed by atoms with van der Waals surface area (Å²) in [5.41, 5.74) is 7.74. The van der Waals surface area contributed by atoms with E-state index in [0.29, 0.717) is 18.0 Å². The molecule has 1 fully saturated rings. The van der Waals surface area contributed by atoms with Crippen LogP contribution in [0.4, 0.5) is 4.79 Å². The van der Waals surface area contributed by atoms with Crippen LogP contribution in [0.3, 0.4) is 0 Å². The van der Waals surface area contributed by atoms with Gasteiger partial charge in [-0.2, -0.15) is 0 Å². The number of aryl methyl sites for hydroxylation is 2. The van der Waals surface area contributed by atoms with E-state index in [1.54, 1.807) is 31.3 Å². The molecule has 210 valence electrons. The van der Waals surface area contributed by atoms with Gasteiger partial charge in [0.15, 0.2) is 0 Å². The number of nitrogens with zero attached hydrogens (tertiary/aromatic N) is 1. The number of methoxy groups -OCH3 is 2. The lowest BCUT2D eigenvalue weighted by atomic mass is 9.92. The predicted molar refractivity (Wildman–Crippen MR) is 158 cm³/mol. The van der Waals surface area contributed by atoms with Crippen LogP contribution in [0.1, 0.15) is 45.6 Å². The molecule has 2 atom stereocenters. The van der Waals surface area contributed by atoms with Crippen LogP contribution in [0.25, 0.3) is 22.3 Å². The van der Waals surface area contributed by atoms with Crippen molar-refractivity contribution in [1.82, 2.24) is 4.90 Å². The third-order valence-corrected chi connectivity index (χ3v) is 7.69. The van der Waals surface area contributed by atoms with Gasteiger partial charge in [-0.25, -0.2) is 9.59 Å². The number of aromatic carboxylic acids is 1. The number of carbonyl (C=O) groups excluding carboxylic acids is 1. The fourth-order valence-corrected chi connectivity index (χ4v) is 5.48. The quantitative estimate of drug-likeness (QED) is 0.245. The Balaban J connectivity index is 1.52. The van der Waals surface area contributed by atoms with E-state index >= 15 is 0 Å². The molecule has 1 amide bonds. The number of ether oxygens (including phenoxy) is 3. The van der Waals surface area contributed by atoms with Gasteiger partial charge >= 0.3 is 12.1 Å². The van der Waals surface area contributed by atoms with Gasteiger partial charge in [-0.15, -0.1) is 0 Å². The SMILES string of the molecule is COc1cccc([C@H]2OC(=O)N(Cc3cc(C)ccc3-c3cc(-c4ccc(C(=O)O)cc4C)ccc3OC)[C@H]2C)c1. The maximum absolute atomic E-state index is 13.1. The Bertz CT molecular complexity index is 1630. The summed E-state index contributed by atoms with van der Waals surface area (Å²) in [7, 11) is 3.25. The zero-order valence-electron chi connectivity index (χ0n) is 23.8. The highest BCUT2D eigenvalue weighted by atomic mass is 16.6. The molecule has 5 rings (SSSR count). The molecule has 0 saturated carbocycles. The second kappa shape index (κ2) is 11.4. The van der Waals surface area contributed by atoms with Crippen molar-refractivity contribution in [3.63, 3.8) is 0 Å². The van der Waals surface area contributed by atoms with E-state index in [-0.39, 0.29) is 17.7 Å². The second-order valence-electron chi connectivity index (χ2n) is 10.4. The average Bonchev–Trinajstić information content (AvgIpc) is 3.25. The van der Waals surface area contributed by atoms with Crippen molar-refractivity contribution in [2.24, 2.45) is 0 Å². The van der Waals surface area contributed by atoms with Gasteiger partial charge < -0.3 is 19.3 Å². The molecule has 0 radical (unpaired) electrons. The Kier molecular flexibility index (Phi) is 7.70. The van der Waals surface area contributed by atoms with Gasteiger partial charge in [0.25, 0.3) is 0 Å². The zero-order chi connectivity index (χ0) is 29.3. The third-order valence-electron chi connectivity index (χ3n) is 7.69. The lowest BCUT2D eigenvalue weighted by Gasteiger charge is -2.23.